The highest BCUT2D eigenvalue weighted by Crippen LogP contribution is 2.38. The summed E-state index contributed by atoms with van der Waals surface area (Å²) in [6, 6.07) is 0.481. The van der Waals surface area contributed by atoms with Gasteiger partial charge < -0.3 is 4.74 Å². The third kappa shape index (κ3) is 1.34. The van der Waals surface area contributed by atoms with Crippen LogP contribution in [0.5, 0.6) is 6.01 Å². The quantitative estimate of drug-likeness (QED) is 0.706. The third-order valence-electron chi connectivity index (χ3n) is 1.72. The van der Waals surface area contributed by atoms with Crippen LogP contribution in [0, 0.1) is 0 Å². The summed E-state index contributed by atoms with van der Waals surface area (Å²) in [6.45, 7) is 2.55. The number of hydrogen-bond acceptors (Lipinski definition) is 3. The molecule has 60 valence electrons. The van der Waals surface area contributed by atoms with Crippen LogP contribution < -0.4 is 4.74 Å². The Morgan fingerprint density at radius 1 is 1.64 bits per heavy atom. The number of aromatic amines is 1. The van der Waals surface area contributed by atoms with E-state index < -0.39 is 0 Å². The highest BCUT2D eigenvalue weighted by atomic mass is 16.5. The summed E-state index contributed by atoms with van der Waals surface area (Å²) in [5.41, 5.74) is 0. The molecule has 0 bridgehead atoms. The molecule has 0 aliphatic heterocycles. The van der Waals surface area contributed by atoms with Gasteiger partial charge in [-0.15, -0.1) is 5.10 Å². The van der Waals surface area contributed by atoms with E-state index in [-0.39, 0.29) is 0 Å². The van der Waals surface area contributed by atoms with Gasteiger partial charge >= 0.3 is 6.01 Å². The Bertz CT molecular complexity index is 242. The fourth-order valence-electron chi connectivity index (χ4n) is 0.991. The number of nitrogens with zero attached hydrogens (tertiary/aromatic N) is 2. The Labute approximate surface area is 65.0 Å². The molecule has 0 unspecified atom stereocenters. The Morgan fingerprint density at radius 3 is 3.09 bits per heavy atom. The van der Waals surface area contributed by atoms with Crippen molar-refractivity contribution in [3.63, 3.8) is 0 Å². The van der Waals surface area contributed by atoms with Gasteiger partial charge in [-0.3, -0.25) is 5.10 Å². The molecule has 2 rings (SSSR count). The van der Waals surface area contributed by atoms with Crippen LogP contribution in [0.15, 0.2) is 0 Å². The van der Waals surface area contributed by atoms with E-state index in [0.29, 0.717) is 18.5 Å². The molecule has 1 aliphatic carbocycles. The number of hydrogen-bond donors (Lipinski definition) is 1. The Kier molecular flexibility index (Phi) is 1.52. The van der Waals surface area contributed by atoms with Gasteiger partial charge in [-0.1, -0.05) is 0 Å². The molecule has 0 atom stereocenters. The van der Waals surface area contributed by atoms with E-state index in [9.17, 15) is 0 Å². The lowest BCUT2D eigenvalue weighted by molar-refractivity contribution is 0.313. The first kappa shape index (κ1) is 6.64. The molecule has 1 aromatic rings. The predicted octanol–water partition coefficient (Wildman–Crippen LogP) is 1.08. The maximum Gasteiger partial charge on any atom is 0.335 e. The first-order valence-electron chi connectivity index (χ1n) is 3.95. The fraction of sp³-hybridized carbons (Fsp3) is 0.714. The second-order valence-electron chi connectivity index (χ2n) is 2.71. The van der Waals surface area contributed by atoms with Gasteiger partial charge in [0.05, 0.1) is 6.61 Å². The van der Waals surface area contributed by atoms with Crippen molar-refractivity contribution in [3.05, 3.63) is 5.82 Å². The van der Waals surface area contributed by atoms with Crippen LogP contribution in [-0.4, -0.2) is 21.8 Å². The zero-order valence-electron chi connectivity index (χ0n) is 6.50. The largest absolute Gasteiger partial charge is 0.463 e. The molecule has 4 nitrogen and oxygen atoms in total. The molecule has 0 amide bonds. The van der Waals surface area contributed by atoms with Crippen molar-refractivity contribution in [1.29, 1.82) is 0 Å². The number of nitrogens with one attached hydrogen (secondary N) is 1. The van der Waals surface area contributed by atoms with Crippen molar-refractivity contribution in [1.82, 2.24) is 15.2 Å². The Morgan fingerprint density at radius 2 is 2.45 bits per heavy atom. The summed E-state index contributed by atoms with van der Waals surface area (Å²) in [5, 5.41) is 6.78. The van der Waals surface area contributed by atoms with Gasteiger partial charge in [0.2, 0.25) is 0 Å². The second-order valence-corrected chi connectivity index (χ2v) is 2.71. The van der Waals surface area contributed by atoms with Crippen LogP contribution in [0.1, 0.15) is 31.5 Å². The van der Waals surface area contributed by atoms with Gasteiger partial charge in [-0.25, -0.2) is 0 Å². The number of H-pyrrole nitrogens is 1. The maximum atomic E-state index is 5.11. The van der Waals surface area contributed by atoms with Crippen molar-refractivity contribution in [3.8, 4) is 6.01 Å². The van der Waals surface area contributed by atoms with E-state index in [1.807, 2.05) is 6.92 Å². The molecule has 1 aromatic heterocycles. The van der Waals surface area contributed by atoms with E-state index in [4.69, 9.17) is 4.74 Å². The lowest BCUT2D eigenvalue weighted by Gasteiger charge is -1.91. The average Bonchev–Trinajstić information content (AvgIpc) is 2.75. The fourth-order valence-corrected chi connectivity index (χ4v) is 0.991. The number of rotatable bonds is 3. The SMILES string of the molecule is CCOc1n[nH]c(C2CC2)n1. The van der Waals surface area contributed by atoms with Gasteiger partial charge in [0.1, 0.15) is 5.82 Å². The van der Waals surface area contributed by atoms with E-state index in [2.05, 4.69) is 15.2 Å². The predicted molar refractivity (Wildman–Crippen MR) is 39.5 cm³/mol. The van der Waals surface area contributed by atoms with E-state index >= 15 is 0 Å². The Balaban J connectivity index is 2.06. The van der Waals surface area contributed by atoms with Crippen LogP contribution in [-0.2, 0) is 0 Å². The molecule has 11 heavy (non-hydrogen) atoms. The molecule has 0 radical (unpaired) electrons. The van der Waals surface area contributed by atoms with E-state index in [1.165, 1.54) is 12.8 Å². The summed E-state index contributed by atoms with van der Waals surface area (Å²) in [7, 11) is 0. The molecule has 0 spiro atoms. The summed E-state index contributed by atoms with van der Waals surface area (Å²) in [5.74, 6) is 1.60. The lowest BCUT2D eigenvalue weighted by Crippen LogP contribution is -1.92. The topological polar surface area (TPSA) is 50.8 Å². The zero-order chi connectivity index (χ0) is 7.68. The smallest absolute Gasteiger partial charge is 0.335 e. The lowest BCUT2D eigenvalue weighted by atomic mass is 10.4. The molecule has 0 aromatic carbocycles. The standard InChI is InChI=1S/C7H11N3O/c1-2-11-7-8-6(9-10-7)5-3-4-5/h5H,2-4H2,1H3,(H,8,9,10). The van der Waals surface area contributed by atoms with Crippen LogP contribution in [0.3, 0.4) is 0 Å². The summed E-state index contributed by atoms with van der Waals surface area (Å²) >= 11 is 0. The molecule has 1 N–H and O–H groups in total. The van der Waals surface area contributed by atoms with Gasteiger partial charge in [0, 0.05) is 5.92 Å². The maximum absolute atomic E-state index is 5.11. The second kappa shape index (κ2) is 2.53. The minimum atomic E-state index is 0.481. The average molecular weight is 153 g/mol. The van der Waals surface area contributed by atoms with Crippen molar-refractivity contribution >= 4 is 0 Å². The van der Waals surface area contributed by atoms with Gasteiger partial charge in [0.25, 0.3) is 0 Å². The molecule has 1 aliphatic rings. The van der Waals surface area contributed by atoms with Gasteiger partial charge in [-0.05, 0) is 19.8 Å². The van der Waals surface area contributed by atoms with Crippen LogP contribution in [0.2, 0.25) is 0 Å². The van der Waals surface area contributed by atoms with E-state index in [1.54, 1.807) is 0 Å². The molecule has 1 fully saturated rings. The first-order valence-corrected chi connectivity index (χ1v) is 3.95. The molecular weight excluding hydrogens is 142 g/mol. The molecule has 4 heteroatoms. The summed E-state index contributed by atoms with van der Waals surface area (Å²) in [6.07, 6.45) is 2.47. The summed E-state index contributed by atoms with van der Waals surface area (Å²) < 4.78 is 5.11. The minimum absolute atomic E-state index is 0.481. The molecular formula is C7H11N3O. The highest BCUT2D eigenvalue weighted by Gasteiger charge is 2.27. The third-order valence-corrected chi connectivity index (χ3v) is 1.72. The van der Waals surface area contributed by atoms with Crippen LogP contribution >= 0.6 is 0 Å². The summed E-state index contributed by atoms with van der Waals surface area (Å²) in [4.78, 5) is 4.17. The van der Waals surface area contributed by atoms with Crippen molar-refractivity contribution in [2.45, 2.75) is 25.7 Å². The highest BCUT2D eigenvalue weighted by molar-refractivity contribution is 5.06. The van der Waals surface area contributed by atoms with Crippen LogP contribution in [0.25, 0.3) is 0 Å². The number of aromatic nitrogens is 3. The first-order chi connectivity index (χ1) is 5.40. The number of ether oxygens (including phenoxy) is 1. The normalized spacial score (nSPS) is 16.8. The molecule has 0 saturated heterocycles. The van der Waals surface area contributed by atoms with Gasteiger partial charge in [0.15, 0.2) is 0 Å². The van der Waals surface area contributed by atoms with Crippen molar-refractivity contribution in [2.75, 3.05) is 6.61 Å². The molecule has 1 heterocycles. The molecule has 1 saturated carbocycles. The van der Waals surface area contributed by atoms with Crippen molar-refractivity contribution in [2.24, 2.45) is 0 Å². The van der Waals surface area contributed by atoms with Crippen molar-refractivity contribution < 1.29 is 4.74 Å². The van der Waals surface area contributed by atoms with Crippen LogP contribution in [0.4, 0.5) is 0 Å². The minimum Gasteiger partial charge on any atom is -0.463 e. The Hall–Kier alpha value is -1.06. The van der Waals surface area contributed by atoms with Gasteiger partial charge in [-0.2, -0.15) is 4.98 Å². The monoisotopic (exact) mass is 153 g/mol. The van der Waals surface area contributed by atoms with E-state index in [0.717, 1.165) is 5.82 Å². The zero-order valence-corrected chi connectivity index (χ0v) is 6.50.